The second kappa shape index (κ2) is 3.42. The molecule has 0 atom stereocenters. The molecular formula is C7H4Br2ClF. The third-order valence-electron chi connectivity index (χ3n) is 1.28. The van der Waals surface area contributed by atoms with E-state index >= 15 is 0 Å². The molecule has 0 N–H and O–H groups in total. The number of rotatable bonds is 0. The molecule has 0 saturated carbocycles. The lowest BCUT2D eigenvalue weighted by Gasteiger charge is -2.03. The Morgan fingerprint density at radius 3 is 2.45 bits per heavy atom. The molecule has 0 aromatic heterocycles. The smallest absolute Gasteiger partial charge is 0.153 e. The largest absolute Gasteiger partial charge is 0.204 e. The first-order valence-electron chi connectivity index (χ1n) is 2.83. The Kier molecular flexibility index (Phi) is 2.95. The zero-order valence-electron chi connectivity index (χ0n) is 5.59. The van der Waals surface area contributed by atoms with Crippen LogP contribution in [-0.4, -0.2) is 0 Å². The number of aryl methyl sites for hydroxylation is 1. The monoisotopic (exact) mass is 300 g/mol. The predicted octanol–water partition coefficient (Wildman–Crippen LogP) is 4.31. The lowest BCUT2D eigenvalue weighted by atomic mass is 10.2. The highest BCUT2D eigenvalue weighted by Gasteiger charge is 2.10. The molecule has 0 unspecified atom stereocenters. The number of hydrogen-bond acceptors (Lipinski definition) is 0. The zero-order chi connectivity index (χ0) is 8.59. The van der Waals surface area contributed by atoms with Crippen molar-refractivity contribution in [1.29, 1.82) is 0 Å². The molecule has 0 fully saturated rings. The molecule has 1 aromatic rings. The quantitative estimate of drug-likeness (QED) is 0.495. The van der Waals surface area contributed by atoms with E-state index in [9.17, 15) is 4.39 Å². The van der Waals surface area contributed by atoms with E-state index in [-0.39, 0.29) is 5.82 Å². The van der Waals surface area contributed by atoms with Crippen LogP contribution >= 0.6 is 43.5 Å². The standard InChI is InChI=1S/C7H4Br2ClF/c1-3-2-4(10)6(9)7(11)5(3)8/h2H,1H3. The maximum Gasteiger partial charge on any atom is 0.153 e. The Hall–Kier alpha value is 0.400. The van der Waals surface area contributed by atoms with Gasteiger partial charge in [-0.3, -0.25) is 0 Å². The highest BCUT2D eigenvalue weighted by Crippen LogP contribution is 2.32. The fourth-order valence-electron chi connectivity index (χ4n) is 0.691. The average Bonchev–Trinajstić information content (AvgIpc) is 1.97. The fourth-order valence-corrected chi connectivity index (χ4v) is 1.83. The second-order valence-electron chi connectivity index (χ2n) is 2.12. The summed E-state index contributed by atoms with van der Waals surface area (Å²) in [6.45, 7) is 1.78. The van der Waals surface area contributed by atoms with Crippen LogP contribution in [0.1, 0.15) is 5.56 Å². The van der Waals surface area contributed by atoms with Crippen molar-refractivity contribution in [3.8, 4) is 0 Å². The van der Waals surface area contributed by atoms with Crippen LogP contribution in [0.4, 0.5) is 4.39 Å². The van der Waals surface area contributed by atoms with Gasteiger partial charge in [0, 0.05) is 0 Å². The number of benzene rings is 1. The van der Waals surface area contributed by atoms with Gasteiger partial charge in [-0.05, 0) is 50.4 Å². The molecule has 0 spiro atoms. The van der Waals surface area contributed by atoms with E-state index in [1.54, 1.807) is 13.0 Å². The van der Waals surface area contributed by atoms with Crippen LogP contribution in [0.5, 0.6) is 0 Å². The van der Waals surface area contributed by atoms with Crippen LogP contribution in [0.25, 0.3) is 0 Å². The highest BCUT2D eigenvalue weighted by atomic mass is 79.9. The van der Waals surface area contributed by atoms with Crippen molar-refractivity contribution in [2.45, 2.75) is 6.92 Å². The maximum atomic E-state index is 13.1. The fraction of sp³-hybridized carbons (Fsp3) is 0.143. The van der Waals surface area contributed by atoms with Crippen molar-refractivity contribution in [3.63, 3.8) is 0 Å². The first kappa shape index (κ1) is 9.49. The summed E-state index contributed by atoms with van der Waals surface area (Å²) in [5, 5.41) is 0.392. The molecule has 0 saturated heterocycles. The Labute approximate surface area is 86.0 Å². The lowest BCUT2D eigenvalue weighted by Crippen LogP contribution is -1.85. The third kappa shape index (κ3) is 1.76. The Morgan fingerprint density at radius 1 is 1.36 bits per heavy atom. The molecule has 0 radical (unpaired) electrons. The molecule has 60 valence electrons. The van der Waals surface area contributed by atoms with Crippen molar-refractivity contribution in [2.24, 2.45) is 0 Å². The van der Waals surface area contributed by atoms with Crippen molar-refractivity contribution in [1.82, 2.24) is 0 Å². The second-order valence-corrected chi connectivity index (χ2v) is 4.11. The molecule has 0 aliphatic heterocycles. The molecule has 0 amide bonds. The van der Waals surface area contributed by atoms with Crippen LogP contribution in [0, 0.1) is 12.7 Å². The van der Waals surface area contributed by atoms with E-state index in [0.717, 1.165) is 5.56 Å². The van der Waals surface area contributed by atoms with Gasteiger partial charge in [-0.1, -0.05) is 11.6 Å². The highest BCUT2D eigenvalue weighted by molar-refractivity contribution is 9.11. The van der Waals surface area contributed by atoms with Gasteiger partial charge in [-0.25, -0.2) is 4.39 Å². The first-order valence-corrected chi connectivity index (χ1v) is 4.80. The van der Waals surface area contributed by atoms with E-state index in [1.165, 1.54) is 0 Å². The van der Waals surface area contributed by atoms with Gasteiger partial charge in [0.25, 0.3) is 0 Å². The Balaban J connectivity index is 3.46. The van der Waals surface area contributed by atoms with Crippen molar-refractivity contribution in [3.05, 3.63) is 31.4 Å². The molecule has 0 bridgehead atoms. The zero-order valence-corrected chi connectivity index (χ0v) is 9.52. The summed E-state index contributed by atoms with van der Waals surface area (Å²) in [6.07, 6.45) is 0. The van der Waals surface area contributed by atoms with Gasteiger partial charge in [-0.2, -0.15) is 0 Å². The van der Waals surface area contributed by atoms with E-state index in [1.807, 2.05) is 0 Å². The first-order chi connectivity index (χ1) is 5.04. The molecule has 0 heterocycles. The maximum absolute atomic E-state index is 13.1. The van der Waals surface area contributed by atoms with Gasteiger partial charge in [0.15, 0.2) is 5.82 Å². The van der Waals surface area contributed by atoms with E-state index < -0.39 is 0 Å². The van der Waals surface area contributed by atoms with Crippen LogP contribution in [-0.2, 0) is 0 Å². The van der Waals surface area contributed by atoms with Gasteiger partial charge in [0.2, 0.25) is 0 Å². The molecule has 1 rings (SSSR count). The number of hydrogen-bond donors (Lipinski definition) is 0. The van der Waals surface area contributed by atoms with Crippen LogP contribution < -0.4 is 0 Å². The minimum atomic E-state index is -0.352. The molecule has 0 aliphatic carbocycles. The molecule has 4 heteroatoms. The topological polar surface area (TPSA) is 0 Å². The Morgan fingerprint density at radius 2 is 1.91 bits per heavy atom. The van der Waals surface area contributed by atoms with Crippen molar-refractivity contribution in [2.75, 3.05) is 0 Å². The van der Waals surface area contributed by atoms with E-state index in [2.05, 4.69) is 31.9 Å². The average molecular weight is 302 g/mol. The summed E-state index contributed by atoms with van der Waals surface area (Å²) >= 11 is 11.8. The van der Waals surface area contributed by atoms with Gasteiger partial charge >= 0.3 is 0 Å². The number of halogens is 4. The van der Waals surface area contributed by atoms with Gasteiger partial charge in [-0.15, -0.1) is 0 Å². The molecule has 0 nitrogen and oxygen atoms in total. The molecule has 11 heavy (non-hydrogen) atoms. The lowest BCUT2D eigenvalue weighted by molar-refractivity contribution is 0.613. The summed E-state index contributed by atoms with van der Waals surface area (Å²) in [5.41, 5.74) is 0.788. The molecular weight excluding hydrogens is 298 g/mol. The van der Waals surface area contributed by atoms with E-state index in [4.69, 9.17) is 11.6 Å². The molecule has 0 aliphatic rings. The van der Waals surface area contributed by atoms with Crippen LogP contribution in [0.15, 0.2) is 15.0 Å². The minimum Gasteiger partial charge on any atom is -0.204 e. The third-order valence-corrected chi connectivity index (χ3v) is 3.56. The normalized spacial score (nSPS) is 10.3. The van der Waals surface area contributed by atoms with Crippen molar-refractivity contribution >= 4 is 43.5 Å². The summed E-state index contributed by atoms with van der Waals surface area (Å²) in [7, 11) is 0. The summed E-state index contributed by atoms with van der Waals surface area (Å²) in [4.78, 5) is 0. The van der Waals surface area contributed by atoms with Gasteiger partial charge in [0.05, 0.1) is 14.0 Å². The van der Waals surface area contributed by atoms with Crippen molar-refractivity contribution < 1.29 is 4.39 Å². The van der Waals surface area contributed by atoms with Gasteiger partial charge < -0.3 is 0 Å². The van der Waals surface area contributed by atoms with Crippen LogP contribution in [0.2, 0.25) is 5.02 Å². The minimum absolute atomic E-state index is 0.302. The van der Waals surface area contributed by atoms with Gasteiger partial charge in [0.1, 0.15) is 0 Å². The summed E-state index contributed by atoms with van der Waals surface area (Å²) < 4.78 is 13.8. The van der Waals surface area contributed by atoms with E-state index in [0.29, 0.717) is 14.0 Å². The molecule has 1 aromatic carbocycles. The SMILES string of the molecule is Cc1cc(Cl)c(Br)c(F)c1Br. The Bertz CT molecular complexity index is 273. The summed E-state index contributed by atoms with van der Waals surface area (Å²) in [5.74, 6) is -0.352. The van der Waals surface area contributed by atoms with Crippen LogP contribution in [0.3, 0.4) is 0 Å². The summed E-state index contributed by atoms with van der Waals surface area (Å²) in [6, 6.07) is 1.69. The predicted molar refractivity (Wildman–Crippen MR) is 51.5 cm³/mol.